The molecule has 0 amide bonds. The van der Waals surface area contributed by atoms with Gasteiger partial charge >= 0.3 is 0 Å². The molecule has 0 saturated carbocycles. The zero-order valence-corrected chi connectivity index (χ0v) is 11.5. The minimum absolute atomic E-state index is 0.648. The van der Waals surface area contributed by atoms with Crippen molar-refractivity contribution in [3.05, 3.63) is 35.4 Å². The molecule has 6 heteroatoms. The minimum Gasteiger partial charge on any atom is -0.330 e. The summed E-state index contributed by atoms with van der Waals surface area (Å²) < 4.78 is 3.89. The molecule has 0 aliphatic carbocycles. The van der Waals surface area contributed by atoms with Crippen molar-refractivity contribution >= 4 is 11.6 Å². The lowest BCUT2D eigenvalue weighted by molar-refractivity contribution is 0.664. The van der Waals surface area contributed by atoms with Gasteiger partial charge in [-0.1, -0.05) is 18.5 Å². The van der Waals surface area contributed by atoms with Crippen LogP contribution in [0.5, 0.6) is 0 Å². The van der Waals surface area contributed by atoms with E-state index in [-0.39, 0.29) is 0 Å². The summed E-state index contributed by atoms with van der Waals surface area (Å²) in [7, 11) is 1.91. The normalized spacial score (nSPS) is 11.1. The molecule has 0 fully saturated rings. The topological polar surface area (TPSA) is 47.7 Å². The van der Waals surface area contributed by atoms with Crippen molar-refractivity contribution in [2.45, 2.75) is 26.4 Å². The molecule has 0 aliphatic heterocycles. The predicted octanol–water partition coefficient (Wildman–Crippen LogP) is 1.82. The first-order valence-electron chi connectivity index (χ1n) is 6.08. The summed E-state index contributed by atoms with van der Waals surface area (Å²) in [6, 6.07) is 0. The highest BCUT2D eigenvalue weighted by Crippen LogP contribution is 2.10. The molecule has 0 spiro atoms. The number of hydrogen-bond acceptors (Lipinski definition) is 3. The summed E-state index contributed by atoms with van der Waals surface area (Å²) in [5.74, 6) is 0.922. The van der Waals surface area contributed by atoms with Gasteiger partial charge in [0.2, 0.25) is 0 Å². The van der Waals surface area contributed by atoms with Crippen LogP contribution in [0.3, 0.4) is 0 Å². The Morgan fingerprint density at radius 2 is 2.22 bits per heavy atom. The zero-order chi connectivity index (χ0) is 13.0. The Balaban J connectivity index is 1.96. The molecule has 18 heavy (non-hydrogen) atoms. The molecule has 0 aliphatic rings. The van der Waals surface area contributed by atoms with Crippen LogP contribution in [0.4, 0.5) is 0 Å². The van der Waals surface area contributed by atoms with Gasteiger partial charge in [-0.2, -0.15) is 0 Å². The van der Waals surface area contributed by atoms with Crippen LogP contribution in [-0.4, -0.2) is 25.6 Å². The highest BCUT2D eigenvalue weighted by atomic mass is 35.5. The minimum atomic E-state index is 0.648. The smallest absolute Gasteiger partial charge is 0.129 e. The number of nitrogens with zero attached hydrogens (tertiary/aromatic N) is 4. The van der Waals surface area contributed by atoms with Gasteiger partial charge in [0.15, 0.2) is 0 Å². The molecule has 2 heterocycles. The number of aromatic nitrogens is 4. The van der Waals surface area contributed by atoms with Crippen molar-refractivity contribution in [2.24, 2.45) is 7.05 Å². The van der Waals surface area contributed by atoms with Crippen LogP contribution < -0.4 is 5.32 Å². The van der Waals surface area contributed by atoms with Crippen LogP contribution in [0.2, 0.25) is 5.15 Å². The van der Waals surface area contributed by atoms with Crippen molar-refractivity contribution in [3.63, 3.8) is 0 Å². The fraction of sp³-hybridized carbons (Fsp3) is 0.500. The highest BCUT2D eigenvalue weighted by molar-refractivity contribution is 6.29. The molecular weight excluding hydrogens is 250 g/mol. The molecular formula is C12H18ClN5. The van der Waals surface area contributed by atoms with E-state index < -0.39 is 0 Å². The average molecular weight is 268 g/mol. The molecule has 0 radical (unpaired) electrons. The van der Waals surface area contributed by atoms with Crippen LogP contribution in [0.15, 0.2) is 18.7 Å². The van der Waals surface area contributed by atoms with Crippen LogP contribution in [0, 0.1) is 0 Å². The van der Waals surface area contributed by atoms with Gasteiger partial charge < -0.3 is 14.5 Å². The number of halogens is 1. The fourth-order valence-electron chi connectivity index (χ4n) is 1.71. The highest BCUT2D eigenvalue weighted by Gasteiger charge is 2.06. The van der Waals surface area contributed by atoms with Gasteiger partial charge in [-0.05, 0) is 13.0 Å². The number of rotatable bonds is 6. The molecule has 0 bridgehead atoms. The standard InChI is InChI=1S/C12H18ClN5/c1-3-4-14-5-10-7-18(9-16-10)8-12-15-6-11(13)17(12)2/h6-7,9,14H,3-5,8H2,1-2H3. The lowest BCUT2D eigenvalue weighted by Gasteiger charge is -2.03. The van der Waals surface area contributed by atoms with Gasteiger partial charge in [0, 0.05) is 19.8 Å². The molecule has 2 aromatic heterocycles. The Morgan fingerprint density at radius 3 is 2.89 bits per heavy atom. The average Bonchev–Trinajstić information content (AvgIpc) is 2.92. The van der Waals surface area contributed by atoms with Crippen LogP contribution in [-0.2, 0) is 20.1 Å². The first kappa shape index (κ1) is 13.1. The summed E-state index contributed by atoms with van der Waals surface area (Å²) in [5, 5.41) is 3.97. The maximum absolute atomic E-state index is 5.95. The van der Waals surface area contributed by atoms with Crippen LogP contribution >= 0.6 is 11.6 Å². The molecule has 1 N–H and O–H groups in total. The third-order valence-electron chi connectivity index (χ3n) is 2.77. The van der Waals surface area contributed by atoms with Gasteiger partial charge in [0.25, 0.3) is 0 Å². The van der Waals surface area contributed by atoms with Gasteiger partial charge in [-0.25, -0.2) is 9.97 Å². The molecule has 2 aromatic rings. The van der Waals surface area contributed by atoms with Crippen molar-refractivity contribution in [1.82, 2.24) is 24.4 Å². The Morgan fingerprint density at radius 1 is 1.39 bits per heavy atom. The predicted molar refractivity (Wildman–Crippen MR) is 71.5 cm³/mol. The van der Waals surface area contributed by atoms with E-state index in [4.69, 9.17) is 11.6 Å². The van der Waals surface area contributed by atoms with E-state index in [1.54, 1.807) is 6.20 Å². The quantitative estimate of drug-likeness (QED) is 0.812. The van der Waals surface area contributed by atoms with E-state index in [1.807, 2.05) is 28.7 Å². The molecule has 98 valence electrons. The summed E-state index contributed by atoms with van der Waals surface area (Å²) in [4.78, 5) is 8.61. The van der Waals surface area contributed by atoms with Gasteiger partial charge in [-0.3, -0.25) is 0 Å². The first-order chi connectivity index (χ1) is 8.70. The first-order valence-corrected chi connectivity index (χ1v) is 6.46. The maximum atomic E-state index is 5.95. The number of hydrogen-bond donors (Lipinski definition) is 1. The third kappa shape index (κ3) is 3.11. The second-order valence-corrected chi connectivity index (χ2v) is 4.66. The monoisotopic (exact) mass is 267 g/mol. The van der Waals surface area contributed by atoms with Gasteiger partial charge in [-0.15, -0.1) is 0 Å². The molecule has 2 rings (SSSR count). The Labute approximate surface area is 112 Å². The van der Waals surface area contributed by atoms with E-state index in [0.29, 0.717) is 11.7 Å². The molecule has 0 saturated heterocycles. The Kier molecular flexibility index (Phi) is 4.38. The van der Waals surface area contributed by atoms with Crippen molar-refractivity contribution < 1.29 is 0 Å². The van der Waals surface area contributed by atoms with Crippen LogP contribution in [0.25, 0.3) is 0 Å². The lowest BCUT2D eigenvalue weighted by atomic mass is 10.4. The largest absolute Gasteiger partial charge is 0.330 e. The number of nitrogens with one attached hydrogen (secondary N) is 1. The molecule has 5 nitrogen and oxygen atoms in total. The SMILES string of the molecule is CCCNCc1cn(Cc2ncc(Cl)n2C)cn1. The Bertz CT molecular complexity index is 502. The molecule has 0 unspecified atom stereocenters. The van der Waals surface area contributed by atoms with Gasteiger partial charge in [0.05, 0.1) is 24.8 Å². The van der Waals surface area contributed by atoms with E-state index in [1.165, 1.54) is 0 Å². The summed E-state index contributed by atoms with van der Waals surface area (Å²) >= 11 is 5.95. The lowest BCUT2D eigenvalue weighted by Crippen LogP contribution is -2.13. The van der Waals surface area contributed by atoms with Crippen molar-refractivity contribution in [2.75, 3.05) is 6.54 Å². The second-order valence-electron chi connectivity index (χ2n) is 4.27. The van der Waals surface area contributed by atoms with Crippen molar-refractivity contribution in [1.29, 1.82) is 0 Å². The van der Waals surface area contributed by atoms with Crippen molar-refractivity contribution in [3.8, 4) is 0 Å². The number of imidazole rings is 2. The van der Waals surface area contributed by atoms with Crippen LogP contribution in [0.1, 0.15) is 24.9 Å². The fourth-order valence-corrected chi connectivity index (χ4v) is 1.86. The molecule has 0 aromatic carbocycles. The maximum Gasteiger partial charge on any atom is 0.129 e. The summed E-state index contributed by atoms with van der Waals surface area (Å²) in [6.45, 7) is 4.66. The molecule has 0 atom stereocenters. The Hall–Kier alpha value is -1.33. The third-order valence-corrected chi connectivity index (χ3v) is 3.12. The van der Waals surface area contributed by atoms with Gasteiger partial charge in [0.1, 0.15) is 11.0 Å². The second kappa shape index (κ2) is 6.02. The van der Waals surface area contributed by atoms with E-state index >= 15 is 0 Å². The zero-order valence-electron chi connectivity index (χ0n) is 10.7. The van der Waals surface area contributed by atoms with E-state index in [0.717, 1.165) is 31.0 Å². The van der Waals surface area contributed by atoms with E-state index in [9.17, 15) is 0 Å². The van der Waals surface area contributed by atoms with E-state index in [2.05, 4.69) is 22.2 Å². The summed E-state index contributed by atoms with van der Waals surface area (Å²) in [6.07, 6.45) is 6.65. The summed E-state index contributed by atoms with van der Waals surface area (Å²) in [5.41, 5.74) is 1.05.